The molecule has 29 heavy (non-hydrogen) atoms. The van der Waals surface area contributed by atoms with Crippen LogP contribution >= 0.6 is 0 Å². The van der Waals surface area contributed by atoms with E-state index in [2.05, 4.69) is 5.32 Å². The van der Waals surface area contributed by atoms with Gasteiger partial charge in [-0.05, 0) is 49.6 Å². The van der Waals surface area contributed by atoms with Crippen LogP contribution in [0.25, 0.3) is 0 Å². The van der Waals surface area contributed by atoms with Crippen LogP contribution in [-0.2, 0) is 16.1 Å². The fourth-order valence-electron chi connectivity index (χ4n) is 3.67. The Morgan fingerprint density at radius 2 is 2.10 bits per heavy atom. The lowest BCUT2D eigenvalue weighted by Gasteiger charge is -2.29. The van der Waals surface area contributed by atoms with Gasteiger partial charge in [-0.1, -0.05) is 18.2 Å². The largest absolute Gasteiger partial charge is 0.478 e. The monoisotopic (exact) mass is 398 g/mol. The number of para-hydroxylation sites is 1. The predicted octanol–water partition coefficient (Wildman–Crippen LogP) is 3.37. The van der Waals surface area contributed by atoms with Gasteiger partial charge in [-0.2, -0.15) is 0 Å². The molecule has 1 N–H and O–H groups in total. The van der Waals surface area contributed by atoms with E-state index < -0.39 is 6.10 Å². The van der Waals surface area contributed by atoms with Crippen molar-refractivity contribution in [1.29, 1.82) is 0 Å². The van der Waals surface area contributed by atoms with Gasteiger partial charge in [-0.3, -0.25) is 9.59 Å². The van der Waals surface area contributed by atoms with Gasteiger partial charge in [0.25, 0.3) is 11.8 Å². The van der Waals surface area contributed by atoms with E-state index in [1.54, 1.807) is 42.2 Å². The highest BCUT2D eigenvalue weighted by Gasteiger charge is 2.31. The zero-order valence-electron chi connectivity index (χ0n) is 16.2. The highest BCUT2D eigenvalue weighted by Crippen LogP contribution is 2.34. The van der Waals surface area contributed by atoms with E-state index in [9.17, 15) is 14.0 Å². The summed E-state index contributed by atoms with van der Waals surface area (Å²) in [5, 5.41) is 2.77. The quantitative estimate of drug-likeness (QED) is 0.839. The summed E-state index contributed by atoms with van der Waals surface area (Å²) < 4.78 is 25.1. The molecule has 0 radical (unpaired) electrons. The van der Waals surface area contributed by atoms with Gasteiger partial charge >= 0.3 is 0 Å². The van der Waals surface area contributed by atoms with E-state index in [1.807, 2.05) is 0 Å². The maximum absolute atomic E-state index is 13.7. The number of carbonyl (C=O) groups is 2. The number of halogens is 1. The molecule has 2 aliphatic heterocycles. The Balaban J connectivity index is 1.64. The minimum atomic E-state index is -0.689. The smallest absolute Gasteiger partial charge is 0.265 e. The lowest BCUT2D eigenvalue weighted by molar-refractivity contribution is -0.122. The van der Waals surface area contributed by atoms with E-state index in [0.717, 1.165) is 12.8 Å². The van der Waals surface area contributed by atoms with Gasteiger partial charge in [0.1, 0.15) is 5.82 Å². The summed E-state index contributed by atoms with van der Waals surface area (Å²) in [7, 11) is 0. The SMILES string of the molecule is C[C@H]1Oc2c(cccc2C(=O)N(Cc2cccc(F)c2)C[C@@H]2CCCO2)NC1=O. The molecule has 6 nitrogen and oxygen atoms in total. The van der Waals surface area contributed by atoms with Crippen molar-refractivity contribution in [1.82, 2.24) is 4.90 Å². The maximum atomic E-state index is 13.7. The van der Waals surface area contributed by atoms with Crippen molar-refractivity contribution >= 4 is 17.5 Å². The topological polar surface area (TPSA) is 67.9 Å². The number of nitrogens with one attached hydrogen (secondary N) is 1. The van der Waals surface area contributed by atoms with E-state index in [1.165, 1.54) is 12.1 Å². The Hall–Kier alpha value is -2.93. The maximum Gasteiger partial charge on any atom is 0.265 e. The number of rotatable bonds is 5. The van der Waals surface area contributed by atoms with Crippen LogP contribution in [0, 0.1) is 5.82 Å². The third kappa shape index (κ3) is 4.24. The van der Waals surface area contributed by atoms with Crippen LogP contribution in [0.4, 0.5) is 10.1 Å². The zero-order valence-corrected chi connectivity index (χ0v) is 16.2. The Kier molecular flexibility index (Phi) is 5.49. The summed E-state index contributed by atoms with van der Waals surface area (Å²) >= 11 is 0. The molecule has 2 aromatic carbocycles. The number of ether oxygens (including phenoxy) is 2. The number of carbonyl (C=O) groups excluding carboxylic acids is 2. The molecule has 0 bridgehead atoms. The number of anilines is 1. The highest BCUT2D eigenvalue weighted by atomic mass is 19.1. The van der Waals surface area contributed by atoms with Crippen LogP contribution in [0.1, 0.15) is 35.7 Å². The summed E-state index contributed by atoms with van der Waals surface area (Å²) in [4.78, 5) is 27.0. The first kappa shape index (κ1) is 19.4. The molecule has 0 spiro atoms. The van der Waals surface area contributed by atoms with Crippen LogP contribution in [0.2, 0.25) is 0 Å². The standard InChI is InChI=1S/C22H23FN2O4/c1-14-21(26)24-19-9-3-8-18(20(19)29-14)22(27)25(13-17-7-4-10-28-17)12-15-5-2-6-16(23)11-15/h2-3,5-6,8-9,11,14,17H,4,7,10,12-13H2,1H3,(H,24,26)/t14-,17+/m1/s1. The lowest BCUT2D eigenvalue weighted by Crippen LogP contribution is -2.39. The normalized spacial score (nSPS) is 20.6. The van der Waals surface area contributed by atoms with Gasteiger partial charge in [0.15, 0.2) is 11.9 Å². The molecule has 152 valence electrons. The van der Waals surface area contributed by atoms with Crippen molar-refractivity contribution in [2.45, 2.75) is 38.5 Å². The van der Waals surface area contributed by atoms with Crippen molar-refractivity contribution in [3.05, 3.63) is 59.4 Å². The number of fused-ring (bicyclic) bond motifs is 1. The first-order valence-electron chi connectivity index (χ1n) is 9.77. The van der Waals surface area contributed by atoms with Gasteiger partial charge in [0, 0.05) is 19.7 Å². The Labute approximate surface area is 168 Å². The van der Waals surface area contributed by atoms with Crippen molar-refractivity contribution in [2.24, 2.45) is 0 Å². The molecule has 0 unspecified atom stereocenters. The van der Waals surface area contributed by atoms with Crippen LogP contribution < -0.4 is 10.1 Å². The Morgan fingerprint density at radius 1 is 1.28 bits per heavy atom. The fourth-order valence-corrected chi connectivity index (χ4v) is 3.67. The van der Waals surface area contributed by atoms with Crippen molar-refractivity contribution < 1.29 is 23.5 Å². The number of hydrogen-bond donors (Lipinski definition) is 1. The molecule has 0 aliphatic carbocycles. The van der Waals surface area contributed by atoms with Crippen molar-refractivity contribution in [2.75, 3.05) is 18.5 Å². The summed E-state index contributed by atoms with van der Waals surface area (Å²) in [6.07, 6.45) is 1.10. The Morgan fingerprint density at radius 3 is 2.86 bits per heavy atom. The van der Waals surface area contributed by atoms with Crippen molar-refractivity contribution in [3.8, 4) is 5.75 Å². The van der Waals surface area contributed by atoms with Gasteiger partial charge in [0.2, 0.25) is 0 Å². The van der Waals surface area contributed by atoms with E-state index >= 15 is 0 Å². The number of benzene rings is 2. The van der Waals surface area contributed by atoms with Crippen LogP contribution in [-0.4, -0.2) is 42.1 Å². The molecule has 7 heteroatoms. The average molecular weight is 398 g/mol. The summed E-state index contributed by atoms with van der Waals surface area (Å²) in [6.45, 7) is 2.97. The summed E-state index contributed by atoms with van der Waals surface area (Å²) in [6, 6.07) is 11.3. The zero-order chi connectivity index (χ0) is 20.4. The minimum Gasteiger partial charge on any atom is -0.478 e. The van der Waals surface area contributed by atoms with Gasteiger partial charge < -0.3 is 19.7 Å². The molecule has 0 aromatic heterocycles. The molecular formula is C22H23FN2O4. The summed E-state index contributed by atoms with van der Waals surface area (Å²) in [5.41, 5.74) is 1.54. The van der Waals surface area contributed by atoms with Crippen LogP contribution in [0.15, 0.2) is 42.5 Å². The first-order chi connectivity index (χ1) is 14.0. The molecular weight excluding hydrogens is 375 g/mol. The van der Waals surface area contributed by atoms with Crippen LogP contribution in [0.5, 0.6) is 5.75 Å². The third-order valence-corrected chi connectivity index (χ3v) is 5.16. The fraction of sp³-hybridized carbons (Fsp3) is 0.364. The summed E-state index contributed by atoms with van der Waals surface area (Å²) in [5.74, 6) is -0.479. The number of hydrogen-bond acceptors (Lipinski definition) is 4. The molecule has 1 fully saturated rings. The minimum absolute atomic E-state index is 0.0495. The van der Waals surface area contributed by atoms with Crippen molar-refractivity contribution in [3.63, 3.8) is 0 Å². The molecule has 1 saturated heterocycles. The predicted molar refractivity (Wildman–Crippen MR) is 105 cm³/mol. The van der Waals surface area contributed by atoms with E-state index in [-0.39, 0.29) is 30.3 Å². The number of nitrogens with zero attached hydrogens (tertiary/aromatic N) is 1. The second-order valence-electron chi connectivity index (χ2n) is 7.38. The van der Waals surface area contributed by atoms with Gasteiger partial charge in [0.05, 0.1) is 17.4 Å². The lowest BCUT2D eigenvalue weighted by atomic mass is 10.1. The molecule has 2 heterocycles. The third-order valence-electron chi connectivity index (χ3n) is 5.16. The molecule has 0 saturated carbocycles. The molecule has 2 amide bonds. The second kappa shape index (κ2) is 8.21. The average Bonchev–Trinajstić information content (AvgIpc) is 3.21. The molecule has 4 rings (SSSR count). The van der Waals surface area contributed by atoms with Crippen LogP contribution in [0.3, 0.4) is 0 Å². The Bertz CT molecular complexity index is 927. The first-order valence-corrected chi connectivity index (χ1v) is 9.77. The van der Waals surface area contributed by atoms with Gasteiger partial charge in [-0.15, -0.1) is 0 Å². The second-order valence-corrected chi connectivity index (χ2v) is 7.38. The molecule has 2 atom stereocenters. The molecule has 2 aromatic rings. The molecule has 2 aliphatic rings. The van der Waals surface area contributed by atoms with E-state index in [4.69, 9.17) is 9.47 Å². The number of amides is 2. The van der Waals surface area contributed by atoms with Gasteiger partial charge in [-0.25, -0.2) is 4.39 Å². The van der Waals surface area contributed by atoms with E-state index in [0.29, 0.717) is 35.7 Å². The highest BCUT2D eigenvalue weighted by molar-refractivity contribution is 6.04.